The van der Waals surface area contributed by atoms with Crippen LogP contribution in [-0.2, 0) is 13.0 Å². The first-order valence-electron chi connectivity index (χ1n) is 4.16. The molecular weight excluding hydrogens is 216 g/mol. The van der Waals surface area contributed by atoms with E-state index in [2.05, 4.69) is 28.9 Å². The van der Waals surface area contributed by atoms with Crippen molar-refractivity contribution in [1.82, 2.24) is 0 Å². The van der Waals surface area contributed by atoms with Crippen LogP contribution in [0, 0.1) is 0 Å². The maximum absolute atomic E-state index is 9.05. The zero-order chi connectivity index (χ0) is 8.97. The Kier molecular flexibility index (Phi) is 3.76. The van der Waals surface area contributed by atoms with E-state index in [4.69, 9.17) is 5.11 Å². The van der Waals surface area contributed by atoms with E-state index in [1.165, 1.54) is 5.56 Å². The first kappa shape index (κ1) is 9.75. The largest absolute Gasteiger partial charge is 0.392 e. The molecule has 0 aliphatic carbocycles. The summed E-state index contributed by atoms with van der Waals surface area (Å²) in [6.45, 7) is 2.28. The van der Waals surface area contributed by atoms with Crippen LogP contribution in [0.25, 0.3) is 0 Å². The second kappa shape index (κ2) is 4.63. The second-order valence-electron chi connectivity index (χ2n) is 2.82. The van der Waals surface area contributed by atoms with Crippen LogP contribution in [0.2, 0.25) is 0 Å². The third-order valence-corrected chi connectivity index (χ3v) is 2.35. The summed E-state index contributed by atoms with van der Waals surface area (Å²) in [6.07, 6.45) is 2.16. The van der Waals surface area contributed by atoms with Crippen molar-refractivity contribution >= 4 is 15.9 Å². The van der Waals surface area contributed by atoms with Crippen molar-refractivity contribution in [2.24, 2.45) is 0 Å². The summed E-state index contributed by atoms with van der Waals surface area (Å²) in [4.78, 5) is 0. The minimum absolute atomic E-state index is 0.134. The molecule has 12 heavy (non-hydrogen) atoms. The van der Waals surface area contributed by atoms with E-state index in [-0.39, 0.29) is 6.61 Å². The summed E-state index contributed by atoms with van der Waals surface area (Å²) in [5, 5.41) is 9.05. The Morgan fingerprint density at radius 1 is 1.33 bits per heavy atom. The van der Waals surface area contributed by atoms with Crippen LogP contribution in [0.5, 0.6) is 0 Å². The average molecular weight is 229 g/mol. The van der Waals surface area contributed by atoms with Gasteiger partial charge < -0.3 is 5.11 Å². The lowest BCUT2D eigenvalue weighted by atomic mass is 10.0. The lowest BCUT2D eigenvalue weighted by molar-refractivity contribution is 0.280. The van der Waals surface area contributed by atoms with Gasteiger partial charge in [-0.1, -0.05) is 35.3 Å². The van der Waals surface area contributed by atoms with Gasteiger partial charge in [-0.25, -0.2) is 0 Å². The third kappa shape index (κ3) is 2.32. The van der Waals surface area contributed by atoms with Crippen molar-refractivity contribution in [2.75, 3.05) is 0 Å². The second-order valence-corrected chi connectivity index (χ2v) is 3.74. The number of benzene rings is 1. The fraction of sp³-hybridized carbons (Fsp3) is 0.400. The molecule has 0 amide bonds. The van der Waals surface area contributed by atoms with Gasteiger partial charge in [0.25, 0.3) is 0 Å². The summed E-state index contributed by atoms with van der Waals surface area (Å²) >= 11 is 3.38. The standard InChI is InChI=1S/C10H13BrO/c1-2-3-8-4-5-10(11)6-9(8)7-12/h4-6,12H,2-3,7H2,1H3. The molecule has 2 heteroatoms. The highest BCUT2D eigenvalue weighted by molar-refractivity contribution is 9.10. The Morgan fingerprint density at radius 3 is 2.67 bits per heavy atom. The van der Waals surface area contributed by atoms with Gasteiger partial charge >= 0.3 is 0 Å². The molecule has 1 aromatic rings. The van der Waals surface area contributed by atoms with E-state index in [1.54, 1.807) is 0 Å². The van der Waals surface area contributed by atoms with Crippen LogP contribution < -0.4 is 0 Å². The zero-order valence-corrected chi connectivity index (χ0v) is 8.76. The van der Waals surface area contributed by atoms with Gasteiger partial charge in [-0.15, -0.1) is 0 Å². The molecule has 0 heterocycles. The molecule has 0 bridgehead atoms. The van der Waals surface area contributed by atoms with E-state index >= 15 is 0 Å². The number of aliphatic hydroxyl groups excluding tert-OH is 1. The SMILES string of the molecule is CCCc1ccc(Br)cc1CO. The van der Waals surface area contributed by atoms with Crippen LogP contribution in [0.15, 0.2) is 22.7 Å². The van der Waals surface area contributed by atoms with E-state index in [9.17, 15) is 0 Å². The van der Waals surface area contributed by atoms with Crippen LogP contribution in [-0.4, -0.2) is 5.11 Å². The number of aryl methyl sites for hydroxylation is 1. The summed E-state index contributed by atoms with van der Waals surface area (Å²) in [5.41, 5.74) is 2.29. The lowest BCUT2D eigenvalue weighted by Gasteiger charge is -2.05. The van der Waals surface area contributed by atoms with Crippen molar-refractivity contribution in [3.8, 4) is 0 Å². The Labute approximate surface area is 81.6 Å². The van der Waals surface area contributed by atoms with Gasteiger partial charge in [-0.05, 0) is 29.7 Å². The van der Waals surface area contributed by atoms with Gasteiger partial charge in [0.05, 0.1) is 6.61 Å². The van der Waals surface area contributed by atoms with Gasteiger partial charge in [0, 0.05) is 4.47 Å². The Morgan fingerprint density at radius 2 is 2.08 bits per heavy atom. The fourth-order valence-corrected chi connectivity index (χ4v) is 1.66. The Bertz CT molecular complexity index is 258. The molecule has 0 saturated heterocycles. The molecule has 0 aliphatic rings. The topological polar surface area (TPSA) is 20.2 Å². The van der Waals surface area contributed by atoms with E-state index < -0.39 is 0 Å². The molecule has 0 aliphatic heterocycles. The molecule has 0 aromatic heterocycles. The fourth-order valence-electron chi connectivity index (χ4n) is 1.25. The normalized spacial score (nSPS) is 10.2. The number of hydrogen-bond donors (Lipinski definition) is 1. The highest BCUT2D eigenvalue weighted by Crippen LogP contribution is 2.17. The molecule has 0 atom stereocenters. The van der Waals surface area contributed by atoms with Gasteiger partial charge in [0.15, 0.2) is 0 Å². The highest BCUT2D eigenvalue weighted by Gasteiger charge is 2.00. The van der Waals surface area contributed by atoms with Gasteiger partial charge in [-0.2, -0.15) is 0 Å². The van der Waals surface area contributed by atoms with E-state index in [1.807, 2.05) is 12.1 Å². The molecular formula is C10H13BrO. The molecule has 0 saturated carbocycles. The number of hydrogen-bond acceptors (Lipinski definition) is 1. The van der Waals surface area contributed by atoms with Gasteiger partial charge in [-0.3, -0.25) is 0 Å². The van der Waals surface area contributed by atoms with Crippen LogP contribution in [0.1, 0.15) is 24.5 Å². The summed E-state index contributed by atoms with van der Waals surface area (Å²) in [6, 6.07) is 6.06. The quantitative estimate of drug-likeness (QED) is 0.844. The highest BCUT2D eigenvalue weighted by atomic mass is 79.9. The maximum Gasteiger partial charge on any atom is 0.0684 e. The maximum atomic E-state index is 9.05. The lowest BCUT2D eigenvalue weighted by Crippen LogP contribution is -1.93. The molecule has 1 N–H and O–H groups in total. The zero-order valence-electron chi connectivity index (χ0n) is 7.18. The summed E-state index contributed by atoms with van der Waals surface area (Å²) in [7, 11) is 0. The molecule has 0 radical (unpaired) electrons. The summed E-state index contributed by atoms with van der Waals surface area (Å²) in [5.74, 6) is 0. The predicted molar refractivity (Wildman–Crippen MR) is 54.1 cm³/mol. The van der Waals surface area contributed by atoms with Gasteiger partial charge in [0.2, 0.25) is 0 Å². The first-order chi connectivity index (χ1) is 5.77. The van der Waals surface area contributed by atoms with Crippen molar-refractivity contribution in [1.29, 1.82) is 0 Å². The van der Waals surface area contributed by atoms with Crippen molar-refractivity contribution in [3.05, 3.63) is 33.8 Å². The molecule has 0 unspecified atom stereocenters. The van der Waals surface area contributed by atoms with E-state index in [0.717, 1.165) is 22.9 Å². The first-order valence-corrected chi connectivity index (χ1v) is 4.95. The van der Waals surface area contributed by atoms with Crippen LogP contribution in [0.4, 0.5) is 0 Å². The predicted octanol–water partition coefficient (Wildman–Crippen LogP) is 2.89. The number of halogens is 1. The average Bonchev–Trinajstić information content (AvgIpc) is 2.08. The summed E-state index contributed by atoms with van der Waals surface area (Å²) < 4.78 is 1.03. The minimum atomic E-state index is 0.134. The van der Waals surface area contributed by atoms with Crippen molar-refractivity contribution < 1.29 is 5.11 Å². The minimum Gasteiger partial charge on any atom is -0.392 e. The van der Waals surface area contributed by atoms with Crippen molar-refractivity contribution in [3.63, 3.8) is 0 Å². The molecule has 1 rings (SSSR count). The molecule has 66 valence electrons. The molecule has 1 nitrogen and oxygen atoms in total. The van der Waals surface area contributed by atoms with E-state index in [0.29, 0.717) is 0 Å². The van der Waals surface area contributed by atoms with Crippen LogP contribution in [0.3, 0.4) is 0 Å². The molecule has 0 fully saturated rings. The molecule has 0 spiro atoms. The third-order valence-electron chi connectivity index (χ3n) is 1.86. The Hall–Kier alpha value is -0.340. The monoisotopic (exact) mass is 228 g/mol. The smallest absolute Gasteiger partial charge is 0.0684 e. The Balaban J connectivity index is 2.94. The van der Waals surface area contributed by atoms with Gasteiger partial charge in [0.1, 0.15) is 0 Å². The molecule has 1 aromatic carbocycles. The number of aliphatic hydroxyl groups is 1. The number of rotatable bonds is 3. The van der Waals surface area contributed by atoms with Crippen LogP contribution >= 0.6 is 15.9 Å². The van der Waals surface area contributed by atoms with Crippen molar-refractivity contribution in [2.45, 2.75) is 26.4 Å².